The first kappa shape index (κ1) is 24.0. The molecule has 172 valence electrons. The van der Waals surface area contributed by atoms with Gasteiger partial charge >= 0.3 is 0 Å². The number of carbonyl (C=O) groups is 2. The average molecular weight is 520 g/mol. The molecular formula is C25H24Cl2N2O2S2. The second-order valence-corrected chi connectivity index (χ2v) is 11.9. The van der Waals surface area contributed by atoms with Crippen LogP contribution in [0.4, 0.5) is 0 Å². The zero-order valence-electron chi connectivity index (χ0n) is 18.8. The summed E-state index contributed by atoms with van der Waals surface area (Å²) >= 11 is 15.7. The molecular weight excluding hydrogens is 495 g/mol. The van der Waals surface area contributed by atoms with E-state index in [4.69, 9.17) is 23.2 Å². The molecule has 8 heteroatoms. The Morgan fingerprint density at radius 2 is 1.18 bits per heavy atom. The number of benzene rings is 2. The zero-order valence-corrected chi connectivity index (χ0v) is 21.9. The Bertz CT molecular complexity index is 1280. The Morgan fingerprint density at radius 1 is 0.788 bits per heavy atom. The summed E-state index contributed by atoms with van der Waals surface area (Å²) in [4.78, 5) is 26.6. The molecule has 0 aliphatic rings. The van der Waals surface area contributed by atoms with Gasteiger partial charge in [-0.3, -0.25) is 9.59 Å². The highest BCUT2D eigenvalue weighted by molar-refractivity contribution is 7.22. The van der Waals surface area contributed by atoms with Gasteiger partial charge in [0.25, 0.3) is 11.8 Å². The highest BCUT2D eigenvalue weighted by Crippen LogP contribution is 2.37. The Morgan fingerprint density at radius 3 is 1.58 bits per heavy atom. The molecule has 2 N–H and O–H groups in total. The van der Waals surface area contributed by atoms with Crippen LogP contribution in [0.1, 0.15) is 44.3 Å². The van der Waals surface area contributed by atoms with Gasteiger partial charge < -0.3 is 10.6 Å². The molecule has 33 heavy (non-hydrogen) atoms. The maximum absolute atomic E-state index is 12.8. The van der Waals surface area contributed by atoms with Crippen LogP contribution < -0.4 is 10.6 Å². The summed E-state index contributed by atoms with van der Waals surface area (Å²) in [7, 11) is 0. The molecule has 0 saturated heterocycles. The van der Waals surface area contributed by atoms with Gasteiger partial charge in [0.1, 0.15) is 9.75 Å². The average Bonchev–Trinajstić information content (AvgIpc) is 3.26. The van der Waals surface area contributed by atoms with Crippen molar-refractivity contribution in [3.63, 3.8) is 0 Å². The highest BCUT2D eigenvalue weighted by Gasteiger charge is 2.24. The molecule has 2 aromatic carbocycles. The molecule has 0 aliphatic carbocycles. The minimum atomic E-state index is -0.370. The van der Waals surface area contributed by atoms with E-state index in [-0.39, 0.29) is 17.2 Å². The summed E-state index contributed by atoms with van der Waals surface area (Å²) in [5.41, 5.74) is 1.88. The van der Waals surface area contributed by atoms with E-state index in [1.807, 2.05) is 64.1 Å². The van der Waals surface area contributed by atoms with E-state index in [0.29, 0.717) is 32.9 Å². The fraction of sp³-hybridized carbons (Fsp3) is 0.280. The Balaban J connectivity index is 1.39. The molecule has 0 aliphatic heterocycles. The van der Waals surface area contributed by atoms with Crippen LogP contribution in [0.25, 0.3) is 20.2 Å². The smallest absolute Gasteiger partial charge is 0.262 e. The number of thiophene rings is 2. The molecule has 0 bridgehead atoms. The summed E-state index contributed by atoms with van der Waals surface area (Å²) in [6.45, 7) is 8.76. The zero-order chi connectivity index (χ0) is 23.9. The number of fused-ring (bicyclic) bond motifs is 2. The minimum absolute atomic E-state index is 0.207. The van der Waals surface area contributed by atoms with Crippen LogP contribution in [0.2, 0.25) is 10.0 Å². The third-order valence-corrected chi connectivity index (χ3v) is 8.75. The van der Waals surface area contributed by atoms with E-state index in [1.54, 1.807) is 0 Å². The molecule has 0 spiro atoms. The molecule has 4 rings (SSSR count). The first-order valence-electron chi connectivity index (χ1n) is 10.5. The largest absolute Gasteiger partial charge is 0.351 e. The number of hydrogen-bond acceptors (Lipinski definition) is 4. The van der Waals surface area contributed by atoms with Gasteiger partial charge in [0.2, 0.25) is 0 Å². The van der Waals surface area contributed by atoms with Crippen LogP contribution in [0, 0.1) is 19.3 Å². The van der Waals surface area contributed by atoms with Gasteiger partial charge in [0.15, 0.2) is 0 Å². The molecule has 0 unspecified atom stereocenters. The van der Waals surface area contributed by atoms with Crippen LogP contribution in [-0.4, -0.2) is 24.9 Å². The van der Waals surface area contributed by atoms with Gasteiger partial charge in [-0.25, -0.2) is 0 Å². The number of amides is 2. The van der Waals surface area contributed by atoms with E-state index < -0.39 is 0 Å². The van der Waals surface area contributed by atoms with Crippen molar-refractivity contribution in [2.75, 3.05) is 13.1 Å². The van der Waals surface area contributed by atoms with Crippen LogP contribution in [0.5, 0.6) is 0 Å². The normalized spacial score (nSPS) is 11.8. The first-order chi connectivity index (χ1) is 15.6. The van der Waals surface area contributed by atoms with Crippen molar-refractivity contribution in [2.24, 2.45) is 5.41 Å². The molecule has 4 nitrogen and oxygen atoms in total. The lowest BCUT2D eigenvalue weighted by molar-refractivity contribution is 0.0924. The third-order valence-electron chi connectivity index (χ3n) is 5.44. The van der Waals surface area contributed by atoms with E-state index in [2.05, 4.69) is 10.6 Å². The summed E-state index contributed by atoms with van der Waals surface area (Å²) < 4.78 is 1.99. The summed E-state index contributed by atoms with van der Waals surface area (Å²) in [6, 6.07) is 11.9. The van der Waals surface area contributed by atoms with Crippen molar-refractivity contribution in [2.45, 2.75) is 27.7 Å². The van der Waals surface area contributed by atoms with Crippen LogP contribution >= 0.6 is 45.9 Å². The lowest BCUT2D eigenvalue weighted by Crippen LogP contribution is -2.41. The SMILES string of the molecule is Cc1ccc2c(Cl)c(C(=O)NCC(C)(C)CNC(=O)c3sc4cc(C)ccc4c3Cl)sc2c1. The molecule has 0 fully saturated rings. The highest BCUT2D eigenvalue weighted by atomic mass is 35.5. The van der Waals surface area contributed by atoms with E-state index >= 15 is 0 Å². The lowest BCUT2D eigenvalue weighted by atomic mass is 9.93. The van der Waals surface area contributed by atoms with Gasteiger partial charge in [0.05, 0.1) is 10.0 Å². The number of aryl methyl sites for hydroxylation is 2. The number of carbonyl (C=O) groups excluding carboxylic acids is 2. The lowest BCUT2D eigenvalue weighted by Gasteiger charge is -2.25. The summed E-state index contributed by atoms with van der Waals surface area (Å²) in [6.07, 6.45) is 0. The maximum Gasteiger partial charge on any atom is 0.262 e. The summed E-state index contributed by atoms with van der Waals surface area (Å²) in [5.74, 6) is -0.414. The predicted molar refractivity (Wildman–Crippen MR) is 142 cm³/mol. The second-order valence-electron chi connectivity index (χ2n) is 9.02. The summed E-state index contributed by atoms with van der Waals surface area (Å²) in [5, 5.41) is 8.68. The van der Waals surface area contributed by atoms with Crippen LogP contribution in [0.3, 0.4) is 0 Å². The number of nitrogens with one attached hydrogen (secondary N) is 2. The fourth-order valence-electron chi connectivity index (χ4n) is 3.50. The minimum Gasteiger partial charge on any atom is -0.351 e. The van der Waals surface area contributed by atoms with Crippen LogP contribution in [-0.2, 0) is 0 Å². The molecule has 0 saturated carbocycles. The van der Waals surface area contributed by atoms with Crippen molar-refractivity contribution in [1.29, 1.82) is 0 Å². The number of rotatable bonds is 6. The van der Waals surface area contributed by atoms with Crippen LogP contribution in [0.15, 0.2) is 36.4 Å². The third kappa shape index (κ3) is 5.04. The molecule has 2 aromatic heterocycles. The van der Waals surface area contributed by atoms with Gasteiger partial charge in [-0.1, -0.05) is 61.3 Å². The standard InChI is InChI=1S/C25H24Cl2N2O2S2/c1-13-5-7-15-17(9-13)32-21(19(15)26)23(30)28-11-25(3,4)12-29-24(31)22-20(27)16-8-6-14(2)10-18(16)33-22/h5-10H,11-12H2,1-4H3,(H,28,30)(H,29,31). The predicted octanol–water partition coefficient (Wildman–Crippen LogP) is 7.23. The molecule has 4 aromatic rings. The Labute approximate surface area is 210 Å². The molecule has 2 amide bonds. The monoisotopic (exact) mass is 518 g/mol. The van der Waals surface area contributed by atoms with E-state index in [9.17, 15) is 9.59 Å². The number of hydrogen-bond donors (Lipinski definition) is 2. The van der Waals surface area contributed by atoms with Gasteiger partial charge in [-0.15, -0.1) is 22.7 Å². The fourth-order valence-corrected chi connectivity index (χ4v) is 6.56. The van der Waals surface area contributed by atoms with Crippen molar-refractivity contribution in [3.05, 3.63) is 67.3 Å². The van der Waals surface area contributed by atoms with Gasteiger partial charge in [-0.05, 0) is 42.5 Å². The van der Waals surface area contributed by atoms with Crippen molar-refractivity contribution in [3.8, 4) is 0 Å². The molecule has 0 atom stereocenters. The molecule has 2 heterocycles. The Kier molecular flexibility index (Phi) is 6.74. The Hall–Kier alpha value is -2.12. The van der Waals surface area contributed by atoms with Gasteiger partial charge in [-0.2, -0.15) is 0 Å². The maximum atomic E-state index is 12.8. The van der Waals surface area contributed by atoms with Crippen molar-refractivity contribution in [1.82, 2.24) is 10.6 Å². The van der Waals surface area contributed by atoms with Crippen molar-refractivity contribution >= 4 is 77.9 Å². The first-order valence-corrected chi connectivity index (χ1v) is 12.9. The number of halogens is 2. The molecule has 0 radical (unpaired) electrons. The second kappa shape index (κ2) is 9.26. The van der Waals surface area contributed by atoms with E-state index in [1.165, 1.54) is 22.7 Å². The van der Waals surface area contributed by atoms with Crippen molar-refractivity contribution < 1.29 is 9.59 Å². The quantitative estimate of drug-likeness (QED) is 0.283. The topological polar surface area (TPSA) is 58.2 Å². The van der Waals surface area contributed by atoms with E-state index in [0.717, 1.165) is 31.3 Å². The van der Waals surface area contributed by atoms with Gasteiger partial charge in [0, 0.05) is 33.3 Å².